The van der Waals surface area contributed by atoms with Gasteiger partial charge in [0.2, 0.25) is 0 Å². The molecule has 180 valence electrons. The van der Waals surface area contributed by atoms with E-state index in [2.05, 4.69) is 0 Å². The van der Waals surface area contributed by atoms with Crippen molar-refractivity contribution in [1.82, 2.24) is 0 Å². The molecule has 0 radical (unpaired) electrons. The van der Waals surface area contributed by atoms with Crippen molar-refractivity contribution in [3.63, 3.8) is 0 Å². The maximum absolute atomic E-state index is 13.5. The molecule has 0 unspecified atom stereocenters. The van der Waals surface area contributed by atoms with Gasteiger partial charge in [0.15, 0.2) is 0 Å². The molecule has 0 saturated carbocycles. The maximum atomic E-state index is 13.5. The van der Waals surface area contributed by atoms with Gasteiger partial charge in [-0.2, -0.15) is 0 Å². The van der Waals surface area contributed by atoms with Crippen LogP contribution in [0.25, 0.3) is 0 Å². The lowest BCUT2D eigenvalue weighted by molar-refractivity contribution is 0.0616. The van der Waals surface area contributed by atoms with Crippen LogP contribution in [0, 0.1) is 0 Å². The monoisotopic (exact) mass is 514 g/mol. The molecular formula is C13H32O13P2Si2. The van der Waals surface area contributed by atoms with Crippen molar-refractivity contribution in [2.24, 2.45) is 0 Å². The summed E-state index contributed by atoms with van der Waals surface area (Å²) < 4.78 is 55.4. The van der Waals surface area contributed by atoms with Crippen LogP contribution in [-0.2, 0) is 35.7 Å². The Hall–Kier alpha value is 0.164. The molecule has 0 aromatic heterocycles. The molecule has 4 N–H and O–H groups in total. The first kappa shape index (κ1) is 30.2. The molecule has 0 bridgehead atoms. The highest BCUT2D eigenvalue weighted by molar-refractivity contribution is 7.52. The third-order valence-corrected chi connectivity index (χ3v) is 11.6. The van der Waals surface area contributed by atoms with Crippen LogP contribution in [0.4, 0.5) is 4.79 Å². The number of carbonyl (C=O) groups excluding carboxylic acids is 1. The molecule has 30 heavy (non-hydrogen) atoms. The lowest BCUT2D eigenvalue weighted by atomic mass is 10.9. The Balaban J connectivity index is 5.99. The Kier molecular flexibility index (Phi) is 13.7. The molecule has 0 aliphatic heterocycles. The smallest absolute Gasteiger partial charge is 0.369 e. The van der Waals surface area contributed by atoms with Gasteiger partial charge >= 0.3 is 32.8 Å². The van der Waals surface area contributed by atoms with Crippen molar-refractivity contribution in [2.45, 2.75) is 27.7 Å². The number of carbonyl (C=O) groups is 1. The summed E-state index contributed by atoms with van der Waals surface area (Å²) in [5, 5.41) is -0.904. The van der Waals surface area contributed by atoms with Gasteiger partial charge in [-0.25, -0.2) is 0 Å². The predicted octanol–water partition coefficient (Wildman–Crippen LogP) is 0.682. The minimum absolute atomic E-state index is 0.0287. The van der Waals surface area contributed by atoms with Crippen LogP contribution in [0.2, 0.25) is 0 Å². The van der Waals surface area contributed by atoms with Crippen molar-refractivity contribution in [3.05, 3.63) is 0 Å². The maximum Gasteiger partial charge on any atom is 0.578 e. The molecule has 0 aromatic rings. The zero-order valence-electron chi connectivity index (χ0n) is 17.5. The molecule has 0 saturated heterocycles. The van der Waals surface area contributed by atoms with Crippen LogP contribution < -0.4 is 0 Å². The third kappa shape index (κ3) is 10.7. The summed E-state index contributed by atoms with van der Waals surface area (Å²) in [6.45, 7) is 5.09. The van der Waals surface area contributed by atoms with Gasteiger partial charge in [-0.1, -0.05) is 0 Å². The Bertz CT molecular complexity index is 546. The van der Waals surface area contributed by atoms with E-state index in [1.54, 1.807) is 27.7 Å². The van der Waals surface area contributed by atoms with Gasteiger partial charge in [-0.05, 0) is 27.7 Å². The zero-order chi connectivity index (χ0) is 23.5. The Morgan fingerprint density at radius 1 is 0.633 bits per heavy atom. The van der Waals surface area contributed by atoms with E-state index < -0.39 is 63.4 Å². The van der Waals surface area contributed by atoms with E-state index in [1.165, 1.54) is 0 Å². The second-order valence-electron chi connectivity index (χ2n) is 5.65. The van der Waals surface area contributed by atoms with Gasteiger partial charge in [0.1, 0.15) is 0 Å². The van der Waals surface area contributed by atoms with Crippen molar-refractivity contribution in [2.75, 3.05) is 52.0 Å². The summed E-state index contributed by atoms with van der Waals surface area (Å²) in [5.41, 5.74) is 0. The highest BCUT2D eigenvalue weighted by Gasteiger charge is 2.66. The molecule has 0 aromatic carbocycles. The second-order valence-corrected chi connectivity index (χ2v) is 14.6. The van der Waals surface area contributed by atoms with E-state index in [0.29, 0.717) is 0 Å². The molecule has 13 nitrogen and oxygen atoms in total. The van der Waals surface area contributed by atoms with Gasteiger partial charge in [0.05, 0.1) is 25.5 Å². The molecule has 0 spiro atoms. The molecule has 0 rings (SSSR count). The molecule has 0 amide bonds. The van der Waals surface area contributed by atoms with E-state index in [9.17, 15) is 13.9 Å². The van der Waals surface area contributed by atoms with Gasteiger partial charge in [0, 0.05) is 26.4 Å². The average Bonchev–Trinajstić information content (AvgIpc) is 2.59. The van der Waals surface area contributed by atoms with E-state index in [0.717, 1.165) is 0 Å². The molecular weight excluding hydrogens is 482 g/mol. The first-order valence-electron chi connectivity index (χ1n) is 9.29. The van der Waals surface area contributed by atoms with Crippen molar-refractivity contribution in [3.8, 4) is 0 Å². The largest absolute Gasteiger partial charge is 0.578 e. The summed E-state index contributed by atoms with van der Waals surface area (Å²) in [4.78, 5) is 49.8. The minimum atomic E-state index is -4.42. The summed E-state index contributed by atoms with van der Waals surface area (Å²) in [5.74, 6) is 0. The van der Waals surface area contributed by atoms with Gasteiger partial charge in [-0.15, -0.1) is 0 Å². The fourth-order valence-electron chi connectivity index (χ4n) is 2.19. The van der Waals surface area contributed by atoms with Gasteiger partial charge in [-0.3, -0.25) is 13.9 Å². The molecule has 0 aliphatic rings. The van der Waals surface area contributed by atoms with Gasteiger partial charge < -0.3 is 46.1 Å². The molecule has 0 atom stereocenters. The Morgan fingerprint density at radius 3 is 1.10 bits per heavy atom. The quantitative estimate of drug-likeness (QED) is 0.148. The normalized spacial score (nSPS) is 13.6. The summed E-state index contributed by atoms with van der Waals surface area (Å²) in [6, 6.07) is 0. The lowest BCUT2D eigenvalue weighted by Crippen LogP contribution is -2.68. The molecule has 0 aliphatic carbocycles. The average molecular weight is 515 g/mol. The van der Waals surface area contributed by atoms with Gasteiger partial charge in [0.25, 0.3) is 5.03 Å². The molecule has 0 heterocycles. The fourth-order valence-corrected chi connectivity index (χ4v) is 9.54. The Morgan fingerprint density at radius 2 is 0.900 bits per heavy atom. The van der Waals surface area contributed by atoms with Crippen LogP contribution in [0.5, 0.6) is 0 Å². The second kappa shape index (κ2) is 13.7. The highest BCUT2D eigenvalue weighted by Crippen LogP contribution is 2.35. The first-order chi connectivity index (χ1) is 13.8. The topological polar surface area (TPSA) is 188 Å². The van der Waals surface area contributed by atoms with Crippen molar-refractivity contribution < 1.29 is 60.1 Å². The summed E-state index contributed by atoms with van der Waals surface area (Å²) >= 11 is 0. The van der Waals surface area contributed by atoms with Crippen LogP contribution >= 0.6 is 15.2 Å². The molecule has 17 heteroatoms. The predicted molar refractivity (Wildman–Crippen MR) is 109 cm³/mol. The summed E-state index contributed by atoms with van der Waals surface area (Å²) in [7, 11) is -17.4. The SMILES string of the molecule is CCO[Si](OCC)(OCCP(=O)(O)O)C(=O)[Si](OCC)(OCC)OCCP(=O)(O)O. The fraction of sp³-hybridized carbons (Fsp3) is 0.923. The number of rotatable bonds is 18. The van der Waals surface area contributed by atoms with Crippen molar-refractivity contribution >= 4 is 37.8 Å². The van der Waals surface area contributed by atoms with E-state index in [-0.39, 0.29) is 26.4 Å². The van der Waals surface area contributed by atoms with Crippen LogP contribution in [0.15, 0.2) is 0 Å². The van der Waals surface area contributed by atoms with Crippen LogP contribution in [0.1, 0.15) is 27.7 Å². The lowest BCUT2D eigenvalue weighted by Gasteiger charge is -2.34. The molecule has 0 fully saturated rings. The highest BCUT2D eigenvalue weighted by atomic mass is 31.2. The summed E-state index contributed by atoms with van der Waals surface area (Å²) in [6.07, 6.45) is -1.35. The zero-order valence-corrected chi connectivity index (χ0v) is 21.3. The van der Waals surface area contributed by atoms with Crippen LogP contribution in [0.3, 0.4) is 0 Å². The van der Waals surface area contributed by atoms with E-state index in [1.807, 2.05) is 0 Å². The minimum Gasteiger partial charge on any atom is -0.369 e. The van der Waals surface area contributed by atoms with E-state index >= 15 is 0 Å². The number of hydrogen-bond acceptors (Lipinski definition) is 9. The van der Waals surface area contributed by atoms with Crippen molar-refractivity contribution in [1.29, 1.82) is 0 Å². The first-order valence-corrected chi connectivity index (χ1v) is 16.3. The van der Waals surface area contributed by atoms with Crippen LogP contribution in [-0.4, -0.2) is 94.2 Å². The third-order valence-electron chi connectivity index (χ3n) is 3.24. The number of hydrogen-bond donors (Lipinski definition) is 4. The Labute approximate surface area is 178 Å². The van der Waals surface area contributed by atoms with E-state index in [4.69, 9.17) is 46.1 Å². The standard InChI is InChI=1S/C13H32O13P2Si2/c1-5-21-29(22-6-2,25-9-11-27(15,16)17)13(14)30(23-7-3,24-8-4)26-10-12-28(18,19)20/h5-12H2,1-4H3,(H2,15,16,17)(H2,18,19,20).